The summed E-state index contributed by atoms with van der Waals surface area (Å²) in [5.74, 6) is -0.0306. The molecule has 3 rings (SSSR count). The third-order valence-corrected chi connectivity index (χ3v) is 5.37. The molecular weight excluding hydrogens is 346 g/mol. The van der Waals surface area contributed by atoms with Crippen molar-refractivity contribution in [2.24, 2.45) is 0 Å². The van der Waals surface area contributed by atoms with Crippen molar-refractivity contribution < 1.29 is 4.79 Å². The topological polar surface area (TPSA) is 35.6 Å². The highest BCUT2D eigenvalue weighted by atomic mass is 16.1. The van der Waals surface area contributed by atoms with Gasteiger partial charge in [-0.1, -0.05) is 57.2 Å². The average Bonchev–Trinajstić information content (AvgIpc) is 2.64. The van der Waals surface area contributed by atoms with Crippen molar-refractivity contribution in [3.8, 4) is 0 Å². The van der Waals surface area contributed by atoms with E-state index in [-0.39, 0.29) is 11.3 Å². The number of hydrogen-bond acceptors (Lipinski definition) is 3. The molecule has 1 N–H and O–H groups in total. The molecule has 0 bridgehead atoms. The number of nitrogens with zero attached hydrogens (tertiary/aromatic N) is 2. The highest BCUT2D eigenvalue weighted by molar-refractivity contribution is 5.88. The molecule has 28 heavy (non-hydrogen) atoms. The van der Waals surface area contributed by atoms with Crippen LogP contribution in [0.1, 0.15) is 44.4 Å². The maximum absolute atomic E-state index is 11.1. The number of benzene rings is 2. The average molecular weight is 380 g/mol. The van der Waals surface area contributed by atoms with E-state index >= 15 is 0 Å². The Morgan fingerprint density at radius 2 is 1.25 bits per heavy atom. The largest absolute Gasteiger partial charge is 0.326 e. The Kier molecular flexibility index (Phi) is 6.53. The molecule has 1 fully saturated rings. The van der Waals surface area contributed by atoms with E-state index in [9.17, 15) is 4.79 Å². The Morgan fingerprint density at radius 3 is 1.64 bits per heavy atom. The first-order valence-electron chi connectivity index (χ1n) is 10.2. The van der Waals surface area contributed by atoms with E-state index in [0.717, 1.165) is 45.0 Å². The molecule has 1 heterocycles. The van der Waals surface area contributed by atoms with Crippen LogP contribution in [0.3, 0.4) is 0 Å². The molecule has 1 saturated heterocycles. The SMILES string of the molecule is CC(=O)Nc1ccc(CN2CCN(Cc3ccc(C(C)(C)C)cc3)CC2)cc1. The minimum atomic E-state index is -0.0306. The molecule has 0 spiro atoms. The van der Waals surface area contributed by atoms with E-state index < -0.39 is 0 Å². The second-order valence-electron chi connectivity index (χ2n) is 8.88. The number of piperazine rings is 1. The fourth-order valence-electron chi connectivity index (χ4n) is 3.63. The lowest BCUT2D eigenvalue weighted by atomic mass is 9.87. The summed E-state index contributed by atoms with van der Waals surface area (Å²) in [5.41, 5.74) is 5.16. The van der Waals surface area contributed by atoms with Gasteiger partial charge in [0.05, 0.1) is 0 Å². The van der Waals surface area contributed by atoms with Crippen LogP contribution in [-0.2, 0) is 23.3 Å². The summed E-state index contributed by atoms with van der Waals surface area (Å²) in [5, 5.41) is 2.82. The highest BCUT2D eigenvalue weighted by Gasteiger charge is 2.18. The number of anilines is 1. The maximum Gasteiger partial charge on any atom is 0.221 e. The van der Waals surface area contributed by atoms with Gasteiger partial charge in [0.15, 0.2) is 0 Å². The molecule has 0 radical (unpaired) electrons. The zero-order valence-corrected chi connectivity index (χ0v) is 17.7. The molecule has 2 aromatic carbocycles. The second kappa shape index (κ2) is 8.89. The van der Waals surface area contributed by atoms with Crippen molar-refractivity contribution in [1.29, 1.82) is 0 Å². The Labute approximate surface area is 169 Å². The lowest BCUT2D eigenvalue weighted by molar-refractivity contribution is -0.114. The number of carbonyl (C=O) groups excluding carboxylic acids is 1. The number of rotatable bonds is 5. The fraction of sp³-hybridized carbons (Fsp3) is 0.458. The molecule has 4 nitrogen and oxygen atoms in total. The minimum Gasteiger partial charge on any atom is -0.326 e. The molecule has 2 aromatic rings. The van der Waals surface area contributed by atoms with E-state index in [1.54, 1.807) is 0 Å². The van der Waals surface area contributed by atoms with Gasteiger partial charge in [-0.2, -0.15) is 0 Å². The molecule has 1 aliphatic heterocycles. The second-order valence-corrected chi connectivity index (χ2v) is 8.88. The van der Waals surface area contributed by atoms with Gasteiger partial charge in [-0.3, -0.25) is 14.6 Å². The predicted octanol–water partition coefficient (Wildman–Crippen LogP) is 4.26. The number of amides is 1. The molecule has 0 aromatic heterocycles. The van der Waals surface area contributed by atoms with Crippen LogP contribution in [0.2, 0.25) is 0 Å². The first-order chi connectivity index (χ1) is 13.3. The van der Waals surface area contributed by atoms with Crippen molar-refractivity contribution >= 4 is 11.6 Å². The van der Waals surface area contributed by atoms with Crippen LogP contribution in [0.25, 0.3) is 0 Å². The van der Waals surface area contributed by atoms with Gasteiger partial charge in [0.1, 0.15) is 0 Å². The van der Waals surface area contributed by atoms with Gasteiger partial charge in [-0.25, -0.2) is 0 Å². The molecule has 0 atom stereocenters. The summed E-state index contributed by atoms with van der Waals surface area (Å²) in [7, 11) is 0. The van der Waals surface area contributed by atoms with Crippen LogP contribution in [0.15, 0.2) is 48.5 Å². The summed E-state index contributed by atoms with van der Waals surface area (Å²) in [4.78, 5) is 16.2. The summed E-state index contributed by atoms with van der Waals surface area (Å²) in [6.45, 7) is 14.7. The van der Waals surface area contributed by atoms with Crippen molar-refractivity contribution in [2.45, 2.75) is 46.2 Å². The van der Waals surface area contributed by atoms with Crippen LogP contribution in [0, 0.1) is 0 Å². The van der Waals surface area contributed by atoms with E-state index in [1.165, 1.54) is 23.6 Å². The smallest absolute Gasteiger partial charge is 0.221 e. The van der Waals surface area contributed by atoms with E-state index in [4.69, 9.17) is 0 Å². The molecular formula is C24H33N3O. The van der Waals surface area contributed by atoms with Crippen LogP contribution < -0.4 is 5.32 Å². The van der Waals surface area contributed by atoms with Crippen LogP contribution in [-0.4, -0.2) is 41.9 Å². The Morgan fingerprint density at radius 1 is 0.821 bits per heavy atom. The van der Waals surface area contributed by atoms with Gasteiger partial charge in [0.25, 0.3) is 0 Å². The first kappa shape index (κ1) is 20.6. The molecule has 150 valence electrons. The third kappa shape index (κ3) is 5.91. The highest BCUT2D eigenvalue weighted by Crippen LogP contribution is 2.22. The van der Waals surface area contributed by atoms with Crippen LogP contribution >= 0.6 is 0 Å². The van der Waals surface area contributed by atoms with E-state index in [1.807, 2.05) is 12.1 Å². The summed E-state index contributed by atoms with van der Waals surface area (Å²) in [6, 6.07) is 17.3. The van der Waals surface area contributed by atoms with Gasteiger partial charge in [-0.05, 0) is 34.2 Å². The van der Waals surface area contributed by atoms with Crippen LogP contribution in [0.4, 0.5) is 5.69 Å². The van der Waals surface area contributed by atoms with Gasteiger partial charge in [0.2, 0.25) is 5.91 Å². The van der Waals surface area contributed by atoms with Gasteiger partial charge in [0, 0.05) is 51.9 Å². The van der Waals surface area contributed by atoms with Crippen molar-refractivity contribution in [2.75, 3.05) is 31.5 Å². The first-order valence-corrected chi connectivity index (χ1v) is 10.2. The molecule has 0 saturated carbocycles. The van der Waals surface area contributed by atoms with E-state index in [0.29, 0.717) is 0 Å². The Balaban J connectivity index is 1.46. The zero-order valence-electron chi connectivity index (χ0n) is 17.7. The summed E-state index contributed by atoms with van der Waals surface area (Å²) < 4.78 is 0. The van der Waals surface area contributed by atoms with Crippen molar-refractivity contribution in [3.05, 3.63) is 65.2 Å². The molecule has 4 heteroatoms. The molecule has 0 unspecified atom stereocenters. The molecule has 0 aliphatic carbocycles. The number of hydrogen-bond donors (Lipinski definition) is 1. The van der Waals surface area contributed by atoms with Gasteiger partial charge >= 0.3 is 0 Å². The predicted molar refractivity (Wildman–Crippen MR) is 116 cm³/mol. The Bertz CT molecular complexity index is 767. The number of carbonyl (C=O) groups is 1. The Hall–Kier alpha value is -2.17. The van der Waals surface area contributed by atoms with Crippen molar-refractivity contribution in [1.82, 2.24) is 9.80 Å². The lowest BCUT2D eigenvalue weighted by Gasteiger charge is -2.34. The lowest BCUT2D eigenvalue weighted by Crippen LogP contribution is -2.45. The monoisotopic (exact) mass is 379 g/mol. The quantitative estimate of drug-likeness (QED) is 0.843. The molecule has 1 amide bonds. The number of nitrogens with one attached hydrogen (secondary N) is 1. The zero-order chi connectivity index (χ0) is 20.1. The standard InChI is InChI=1S/C24H33N3O/c1-19(28)25-23-11-7-21(8-12-23)18-27-15-13-26(14-16-27)17-20-5-9-22(10-6-20)24(2,3)4/h5-12H,13-18H2,1-4H3,(H,25,28). The minimum absolute atomic E-state index is 0.0306. The summed E-state index contributed by atoms with van der Waals surface area (Å²) in [6.07, 6.45) is 0. The van der Waals surface area contributed by atoms with Gasteiger partial charge < -0.3 is 5.32 Å². The van der Waals surface area contributed by atoms with Crippen LogP contribution in [0.5, 0.6) is 0 Å². The van der Waals surface area contributed by atoms with Crippen molar-refractivity contribution in [3.63, 3.8) is 0 Å². The summed E-state index contributed by atoms with van der Waals surface area (Å²) >= 11 is 0. The van der Waals surface area contributed by atoms with Gasteiger partial charge in [-0.15, -0.1) is 0 Å². The normalized spacial score (nSPS) is 16.1. The fourth-order valence-corrected chi connectivity index (χ4v) is 3.63. The molecule has 1 aliphatic rings. The third-order valence-electron chi connectivity index (χ3n) is 5.37. The maximum atomic E-state index is 11.1. The van der Waals surface area contributed by atoms with E-state index in [2.05, 4.69) is 72.3 Å².